The van der Waals surface area contributed by atoms with Crippen molar-refractivity contribution in [1.29, 1.82) is 0 Å². The maximum Gasteiger partial charge on any atom is 0.246 e. The molecule has 0 amide bonds. The first-order chi connectivity index (χ1) is 15.4. The van der Waals surface area contributed by atoms with Crippen LogP contribution >= 0.6 is 11.6 Å². The van der Waals surface area contributed by atoms with Gasteiger partial charge < -0.3 is 9.32 Å². The van der Waals surface area contributed by atoms with Gasteiger partial charge in [0.2, 0.25) is 10.0 Å². The fourth-order valence-electron chi connectivity index (χ4n) is 4.12. The van der Waals surface area contributed by atoms with Crippen molar-refractivity contribution >= 4 is 21.6 Å². The molecule has 0 atom stereocenters. The van der Waals surface area contributed by atoms with Crippen LogP contribution in [0.2, 0.25) is 5.02 Å². The first kappa shape index (κ1) is 23.0. The average molecular weight is 477 g/mol. The zero-order chi connectivity index (χ0) is 22.6. The first-order valence-electron chi connectivity index (χ1n) is 10.7. The van der Waals surface area contributed by atoms with Crippen molar-refractivity contribution in [3.05, 3.63) is 89.1 Å². The fourth-order valence-corrected chi connectivity index (χ4v) is 5.96. The molecule has 0 unspecified atom stereocenters. The molecule has 5 nitrogen and oxygen atoms in total. The molecule has 0 spiro atoms. The molecule has 1 fully saturated rings. The summed E-state index contributed by atoms with van der Waals surface area (Å²) in [4.78, 5) is 2.04. The highest BCUT2D eigenvalue weighted by Crippen LogP contribution is 2.28. The Morgan fingerprint density at radius 3 is 2.41 bits per heavy atom. The van der Waals surface area contributed by atoms with Crippen molar-refractivity contribution < 1.29 is 17.2 Å². The summed E-state index contributed by atoms with van der Waals surface area (Å²) in [5.41, 5.74) is 1.22. The van der Waals surface area contributed by atoms with Crippen molar-refractivity contribution in [3.8, 4) is 0 Å². The summed E-state index contributed by atoms with van der Waals surface area (Å²) >= 11 is 5.95. The third-order valence-electron chi connectivity index (χ3n) is 5.91. The van der Waals surface area contributed by atoms with E-state index in [1.165, 1.54) is 34.3 Å². The van der Waals surface area contributed by atoms with Crippen LogP contribution in [0.25, 0.3) is 0 Å². The molecule has 1 aliphatic rings. The van der Waals surface area contributed by atoms with Gasteiger partial charge in [-0.3, -0.25) is 0 Å². The largest absolute Gasteiger partial charge is 0.468 e. The Hall–Kier alpha value is -2.19. The van der Waals surface area contributed by atoms with E-state index in [1.807, 2.05) is 24.3 Å². The Balaban J connectivity index is 1.45. The lowest BCUT2D eigenvalue weighted by molar-refractivity contribution is 0.153. The Labute approximate surface area is 193 Å². The van der Waals surface area contributed by atoms with Gasteiger partial charge in [-0.2, -0.15) is 4.31 Å². The Kier molecular flexibility index (Phi) is 7.30. The number of rotatable bonds is 8. The highest BCUT2D eigenvalue weighted by molar-refractivity contribution is 7.89. The maximum atomic E-state index is 14.4. The summed E-state index contributed by atoms with van der Waals surface area (Å²) in [5, 5.41) is 0.724. The lowest BCUT2D eigenvalue weighted by atomic mass is 10.0. The molecule has 170 valence electrons. The van der Waals surface area contributed by atoms with Crippen molar-refractivity contribution in [1.82, 2.24) is 9.21 Å². The minimum absolute atomic E-state index is 0.0824. The van der Waals surface area contributed by atoms with Crippen LogP contribution in [0.3, 0.4) is 0 Å². The second kappa shape index (κ2) is 10.2. The molecule has 0 aliphatic carbocycles. The van der Waals surface area contributed by atoms with E-state index in [0.29, 0.717) is 18.6 Å². The van der Waals surface area contributed by atoms with Gasteiger partial charge in [0, 0.05) is 17.6 Å². The van der Waals surface area contributed by atoms with Crippen molar-refractivity contribution in [2.75, 3.05) is 19.6 Å². The number of piperidine rings is 1. The summed E-state index contributed by atoms with van der Waals surface area (Å²) in [5.74, 6) is -0.201. The molecule has 0 N–H and O–H groups in total. The molecule has 0 saturated carbocycles. The zero-order valence-corrected chi connectivity index (χ0v) is 19.2. The average Bonchev–Trinajstić information content (AvgIpc) is 3.31. The fraction of sp³-hybridized carbons (Fsp3) is 0.333. The molecule has 3 aromatic rings. The van der Waals surface area contributed by atoms with Gasteiger partial charge in [0.05, 0.1) is 12.8 Å². The highest BCUT2D eigenvalue weighted by atomic mass is 35.5. The van der Waals surface area contributed by atoms with Gasteiger partial charge in [0.25, 0.3) is 0 Å². The van der Waals surface area contributed by atoms with Gasteiger partial charge in [-0.15, -0.1) is 0 Å². The lowest BCUT2D eigenvalue weighted by Gasteiger charge is -2.37. The van der Waals surface area contributed by atoms with Crippen molar-refractivity contribution in [3.63, 3.8) is 0 Å². The van der Waals surface area contributed by atoms with Gasteiger partial charge in [-0.05, 0) is 74.3 Å². The molecular weight excluding hydrogens is 451 g/mol. The molecule has 1 aromatic heterocycles. The number of hydrogen-bond acceptors (Lipinski definition) is 4. The minimum Gasteiger partial charge on any atom is -0.468 e. The summed E-state index contributed by atoms with van der Waals surface area (Å²) in [6.45, 7) is 2.53. The standard InChI is InChI=1S/C24H26ClFN2O3S/c25-20-9-7-19(8-10-20)11-14-27-15-12-21(13-16-27)28(18-22-4-3-17-31-22)32(29,30)24-6-2-1-5-23(24)26/h1-10,17,21H,11-16,18H2. The Bertz CT molecular complexity index is 1110. The summed E-state index contributed by atoms with van der Waals surface area (Å²) in [6, 6.07) is 16.6. The smallest absolute Gasteiger partial charge is 0.246 e. The molecule has 4 rings (SSSR count). The van der Waals surface area contributed by atoms with Gasteiger partial charge in [0.15, 0.2) is 0 Å². The zero-order valence-electron chi connectivity index (χ0n) is 17.7. The van der Waals surface area contributed by atoms with Crippen LogP contribution in [0.5, 0.6) is 0 Å². The van der Waals surface area contributed by atoms with Crippen molar-refractivity contribution in [2.45, 2.75) is 36.7 Å². The van der Waals surface area contributed by atoms with Crippen LogP contribution in [-0.4, -0.2) is 43.3 Å². The summed E-state index contributed by atoms with van der Waals surface area (Å²) < 4.78 is 48.0. The molecule has 2 aromatic carbocycles. The van der Waals surface area contributed by atoms with E-state index >= 15 is 0 Å². The minimum atomic E-state index is -4.02. The quantitative estimate of drug-likeness (QED) is 0.460. The van der Waals surface area contributed by atoms with Crippen LogP contribution in [0.15, 0.2) is 76.2 Å². The number of nitrogens with zero attached hydrogens (tertiary/aromatic N) is 2. The van der Waals surface area contributed by atoms with Gasteiger partial charge in [0.1, 0.15) is 16.5 Å². The van der Waals surface area contributed by atoms with Gasteiger partial charge in [-0.25, -0.2) is 12.8 Å². The highest BCUT2D eigenvalue weighted by Gasteiger charge is 2.35. The molecular formula is C24H26ClFN2O3S. The van der Waals surface area contributed by atoms with Crippen LogP contribution < -0.4 is 0 Å². The normalized spacial score (nSPS) is 16.0. The monoisotopic (exact) mass is 476 g/mol. The number of halogens is 2. The number of likely N-dealkylation sites (tertiary alicyclic amines) is 1. The van der Waals surface area contributed by atoms with Crippen LogP contribution in [0.4, 0.5) is 4.39 Å². The molecule has 1 saturated heterocycles. The third kappa shape index (κ3) is 5.41. The molecule has 8 heteroatoms. The van der Waals surface area contributed by atoms with Crippen LogP contribution in [0.1, 0.15) is 24.2 Å². The second-order valence-electron chi connectivity index (χ2n) is 8.01. The number of sulfonamides is 1. The van der Waals surface area contributed by atoms with Crippen LogP contribution in [0, 0.1) is 5.82 Å². The Morgan fingerprint density at radius 1 is 1.03 bits per heavy atom. The van der Waals surface area contributed by atoms with Crippen molar-refractivity contribution in [2.24, 2.45) is 0 Å². The summed E-state index contributed by atoms with van der Waals surface area (Å²) in [7, 11) is -4.02. The molecule has 32 heavy (non-hydrogen) atoms. The van der Waals surface area contributed by atoms with Crippen LogP contribution in [-0.2, 0) is 23.0 Å². The van der Waals surface area contributed by atoms with E-state index in [-0.39, 0.29) is 17.5 Å². The number of furan rings is 1. The molecule has 0 radical (unpaired) electrons. The first-order valence-corrected chi connectivity index (χ1v) is 12.5. The molecule has 2 heterocycles. The van der Waals surface area contributed by atoms with E-state index in [4.69, 9.17) is 16.0 Å². The topological polar surface area (TPSA) is 53.8 Å². The second-order valence-corrected chi connectivity index (χ2v) is 10.3. The van der Waals surface area contributed by atoms with Gasteiger partial charge in [-0.1, -0.05) is 35.9 Å². The van der Waals surface area contributed by atoms with Gasteiger partial charge >= 0.3 is 0 Å². The molecule has 1 aliphatic heterocycles. The van der Waals surface area contributed by atoms with E-state index in [0.717, 1.165) is 31.1 Å². The van der Waals surface area contributed by atoms with E-state index in [9.17, 15) is 12.8 Å². The predicted octanol–water partition coefficient (Wildman–Crippen LogP) is 4.97. The summed E-state index contributed by atoms with van der Waals surface area (Å²) in [6.07, 6.45) is 3.78. The maximum absolute atomic E-state index is 14.4. The predicted molar refractivity (Wildman–Crippen MR) is 122 cm³/mol. The number of hydrogen-bond donors (Lipinski definition) is 0. The van der Waals surface area contributed by atoms with E-state index in [1.54, 1.807) is 18.2 Å². The van der Waals surface area contributed by atoms with E-state index in [2.05, 4.69) is 4.90 Å². The lowest BCUT2D eigenvalue weighted by Crippen LogP contribution is -2.47. The number of benzene rings is 2. The molecule has 0 bridgehead atoms. The third-order valence-corrected chi connectivity index (χ3v) is 8.09. The SMILES string of the molecule is O=S(=O)(c1ccccc1F)N(Cc1ccco1)C1CCN(CCc2ccc(Cl)cc2)CC1. The van der Waals surface area contributed by atoms with E-state index < -0.39 is 15.8 Å². The Morgan fingerprint density at radius 2 is 1.75 bits per heavy atom.